The standard InChI is InChI=1S/C21H23F4N7O3/c1-29-9-11(21(23,24)25)6-15(19(29)34)27-20(35)30(2)16-4-5-32(10-14(16)22)12-7-13-17(26-8-12)28-31(3)18(13)33/h6-9,14,16H,4-5,10H2,1-3H3,(H,26,28)(H,27,35). The molecule has 0 saturated carbocycles. The molecule has 188 valence electrons. The number of rotatable bonds is 3. The summed E-state index contributed by atoms with van der Waals surface area (Å²) in [5, 5.41) is 5.34. The highest BCUT2D eigenvalue weighted by atomic mass is 19.4. The lowest BCUT2D eigenvalue weighted by atomic mass is 10.0. The molecule has 0 radical (unpaired) electrons. The van der Waals surface area contributed by atoms with E-state index in [1.165, 1.54) is 17.9 Å². The molecule has 10 nitrogen and oxygen atoms in total. The highest BCUT2D eigenvalue weighted by molar-refractivity contribution is 5.89. The second-order valence-corrected chi connectivity index (χ2v) is 8.48. The Balaban J connectivity index is 1.47. The molecule has 35 heavy (non-hydrogen) atoms. The number of alkyl halides is 4. The molecule has 0 bridgehead atoms. The number of hydrogen-bond acceptors (Lipinski definition) is 5. The van der Waals surface area contributed by atoms with Crippen LogP contribution in [0.4, 0.5) is 33.7 Å². The van der Waals surface area contributed by atoms with Gasteiger partial charge in [-0.25, -0.2) is 14.2 Å². The number of urea groups is 1. The minimum atomic E-state index is -4.71. The van der Waals surface area contributed by atoms with E-state index in [9.17, 15) is 27.6 Å². The molecule has 2 N–H and O–H groups in total. The van der Waals surface area contributed by atoms with E-state index in [-0.39, 0.29) is 18.5 Å². The van der Waals surface area contributed by atoms with E-state index < -0.39 is 41.2 Å². The first kappa shape index (κ1) is 24.3. The van der Waals surface area contributed by atoms with Crippen LogP contribution in [-0.2, 0) is 20.3 Å². The maximum Gasteiger partial charge on any atom is 0.417 e. The topological polar surface area (TPSA) is 108 Å². The van der Waals surface area contributed by atoms with Crippen LogP contribution in [0.5, 0.6) is 0 Å². The third kappa shape index (κ3) is 4.59. The van der Waals surface area contributed by atoms with Crippen molar-refractivity contribution < 1.29 is 22.4 Å². The lowest BCUT2D eigenvalue weighted by molar-refractivity contribution is -0.138. The predicted molar refractivity (Wildman–Crippen MR) is 120 cm³/mol. The quantitative estimate of drug-likeness (QED) is 0.539. The average Bonchev–Trinajstić information content (AvgIpc) is 3.08. The molecule has 3 aromatic heterocycles. The average molecular weight is 497 g/mol. The van der Waals surface area contributed by atoms with Crippen LogP contribution < -0.4 is 21.3 Å². The largest absolute Gasteiger partial charge is 0.417 e. The van der Waals surface area contributed by atoms with Crippen molar-refractivity contribution in [3.8, 4) is 0 Å². The summed E-state index contributed by atoms with van der Waals surface area (Å²) < 4.78 is 56.4. The fraction of sp³-hybridized carbons (Fsp3) is 0.429. The number of piperidine rings is 1. The van der Waals surface area contributed by atoms with Gasteiger partial charge in [-0.2, -0.15) is 13.2 Å². The van der Waals surface area contributed by atoms with E-state index >= 15 is 4.39 Å². The van der Waals surface area contributed by atoms with Gasteiger partial charge in [-0.15, -0.1) is 0 Å². The second kappa shape index (κ2) is 8.74. The Kier molecular flexibility index (Phi) is 6.07. The number of H-pyrrole nitrogens is 1. The van der Waals surface area contributed by atoms with Crippen LogP contribution in [0.2, 0.25) is 0 Å². The molecule has 0 aromatic carbocycles. The van der Waals surface area contributed by atoms with Gasteiger partial charge in [0.15, 0.2) is 5.65 Å². The number of fused-ring (bicyclic) bond motifs is 1. The van der Waals surface area contributed by atoms with Crippen molar-refractivity contribution in [3.05, 3.63) is 50.8 Å². The van der Waals surface area contributed by atoms with E-state index in [4.69, 9.17) is 0 Å². The van der Waals surface area contributed by atoms with Crippen molar-refractivity contribution in [2.75, 3.05) is 30.4 Å². The van der Waals surface area contributed by atoms with Crippen molar-refractivity contribution in [1.29, 1.82) is 0 Å². The Labute approximate surface area is 195 Å². The number of aromatic amines is 1. The summed E-state index contributed by atoms with van der Waals surface area (Å²) in [5.41, 5.74) is -1.79. The summed E-state index contributed by atoms with van der Waals surface area (Å²) in [7, 11) is 4.01. The molecule has 1 saturated heterocycles. The Morgan fingerprint density at radius 1 is 1.23 bits per heavy atom. The molecule has 14 heteroatoms. The zero-order valence-electron chi connectivity index (χ0n) is 19.1. The highest BCUT2D eigenvalue weighted by Gasteiger charge is 2.36. The monoisotopic (exact) mass is 497 g/mol. The van der Waals surface area contributed by atoms with Crippen molar-refractivity contribution in [2.24, 2.45) is 14.1 Å². The molecule has 2 amide bonds. The van der Waals surface area contributed by atoms with E-state index in [2.05, 4.69) is 15.4 Å². The highest BCUT2D eigenvalue weighted by Crippen LogP contribution is 2.30. The number of aryl methyl sites for hydroxylation is 2. The number of nitrogens with one attached hydrogen (secondary N) is 2. The number of carbonyl (C=O) groups is 1. The number of anilines is 2. The van der Waals surface area contributed by atoms with Crippen molar-refractivity contribution in [2.45, 2.75) is 24.8 Å². The molecule has 1 aliphatic heterocycles. The molecule has 4 rings (SSSR count). The van der Waals surface area contributed by atoms with Gasteiger partial charge in [0.25, 0.3) is 11.1 Å². The zero-order valence-corrected chi connectivity index (χ0v) is 19.1. The number of amides is 2. The lowest BCUT2D eigenvalue weighted by Gasteiger charge is -2.39. The number of aromatic nitrogens is 4. The van der Waals surface area contributed by atoms with Gasteiger partial charge in [-0.05, 0) is 18.6 Å². The maximum absolute atomic E-state index is 15.1. The van der Waals surface area contributed by atoms with Crippen molar-refractivity contribution >= 4 is 28.4 Å². The van der Waals surface area contributed by atoms with Crippen LogP contribution in [0.25, 0.3) is 11.0 Å². The summed E-state index contributed by atoms with van der Waals surface area (Å²) in [6.45, 7) is 0.248. The number of pyridine rings is 2. The van der Waals surface area contributed by atoms with Gasteiger partial charge < -0.3 is 19.7 Å². The summed E-state index contributed by atoms with van der Waals surface area (Å²) in [6, 6.07) is 0.394. The summed E-state index contributed by atoms with van der Waals surface area (Å²) >= 11 is 0. The number of hydrogen-bond donors (Lipinski definition) is 2. The molecule has 0 aliphatic carbocycles. The lowest BCUT2D eigenvalue weighted by Crippen LogP contribution is -2.54. The van der Waals surface area contributed by atoms with Crippen LogP contribution >= 0.6 is 0 Å². The van der Waals surface area contributed by atoms with E-state index in [0.717, 1.165) is 16.5 Å². The molecule has 2 atom stereocenters. The van der Waals surface area contributed by atoms with Crippen molar-refractivity contribution in [3.63, 3.8) is 0 Å². The molecule has 4 heterocycles. The molecule has 3 aromatic rings. The second-order valence-electron chi connectivity index (χ2n) is 8.48. The normalized spacial score (nSPS) is 18.7. The van der Waals surface area contributed by atoms with Crippen molar-refractivity contribution in [1.82, 2.24) is 24.2 Å². The third-order valence-corrected chi connectivity index (χ3v) is 6.12. The first-order chi connectivity index (χ1) is 16.4. The molecular weight excluding hydrogens is 474 g/mol. The number of nitrogens with zero attached hydrogens (tertiary/aromatic N) is 5. The summed E-state index contributed by atoms with van der Waals surface area (Å²) in [6.07, 6.45) is -3.87. The fourth-order valence-corrected chi connectivity index (χ4v) is 4.14. The summed E-state index contributed by atoms with van der Waals surface area (Å²) in [4.78, 5) is 44.0. The third-order valence-electron chi connectivity index (χ3n) is 6.12. The first-order valence-electron chi connectivity index (χ1n) is 10.6. The SMILES string of the molecule is CN(C(=O)Nc1cc(C(F)(F)F)cn(C)c1=O)C1CCN(c2cnc3[nH]n(C)c(=O)c3c2)CC1F. The Bertz CT molecular complexity index is 1390. The Morgan fingerprint density at radius 3 is 2.60 bits per heavy atom. The van der Waals surface area contributed by atoms with Gasteiger partial charge in [-0.3, -0.25) is 19.4 Å². The number of carbonyl (C=O) groups excluding carboxylic acids is 1. The first-order valence-corrected chi connectivity index (χ1v) is 10.6. The molecular formula is C21H23F4N7O3. The van der Waals surface area contributed by atoms with Crippen LogP contribution in [0.15, 0.2) is 34.1 Å². The van der Waals surface area contributed by atoms with Crippen LogP contribution in [-0.4, -0.2) is 62.6 Å². The maximum atomic E-state index is 15.1. The van der Waals surface area contributed by atoms with Crippen LogP contribution in [0.3, 0.4) is 0 Å². The zero-order chi connectivity index (χ0) is 25.7. The van der Waals surface area contributed by atoms with Gasteiger partial charge in [0.1, 0.15) is 11.9 Å². The Hall–Kier alpha value is -3.84. The van der Waals surface area contributed by atoms with Gasteiger partial charge in [0, 0.05) is 33.9 Å². The van der Waals surface area contributed by atoms with E-state index in [1.54, 1.807) is 18.0 Å². The summed E-state index contributed by atoms with van der Waals surface area (Å²) in [5.74, 6) is 0. The molecule has 2 unspecified atom stereocenters. The molecule has 0 spiro atoms. The van der Waals surface area contributed by atoms with Gasteiger partial charge in [0.2, 0.25) is 0 Å². The van der Waals surface area contributed by atoms with E-state index in [0.29, 0.717) is 35.5 Å². The van der Waals surface area contributed by atoms with Gasteiger partial charge in [-0.1, -0.05) is 0 Å². The van der Waals surface area contributed by atoms with Crippen LogP contribution in [0, 0.1) is 0 Å². The number of halogens is 4. The van der Waals surface area contributed by atoms with Crippen LogP contribution in [0.1, 0.15) is 12.0 Å². The predicted octanol–water partition coefficient (Wildman–Crippen LogP) is 2.06. The van der Waals surface area contributed by atoms with Gasteiger partial charge >= 0.3 is 12.2 Å². The minimum absolute atomic E-state index is 0.0917. The van der Waals surface area contributed by atoms with Gasteiger partial charge in [0.05, 0.1) is 35.4 Å². The smallest absolute Gasteiger partial charge is 0.367 e. The minimum Gasteiger partial charge on any atom is -0.367 e. The Morgan fingerprint density at radius 2 is 1.94 bits per heavy atom. The molecule has 1 fully saturated rings. The van der Waals surface area contributed by atoms with E-state index in [1.807, 2.05) is 0 Å². The molecule has 1 aliphatic rings. The fourth-order valence-electron chi connectivity index (χ4n) is 4.14.